The Labute approximate surface area is 154 Å². The number of benzene rings is 2. The first-order valence-corrected chi connectivity index (χ1v) is 7.87. The molecule has 2 N–H and O–H groups in total. The monoisotopic (exact) mass is 380 g/mol. The van der Waals surface area contributed by atoms with Crippen molar-refractivity contribution >= 4 is 23.2 Å². The quantitative estimate of drug-likeness (QED) is 0.564. The number of halogens is 1. The molecule has 9 heteroatoms. The van der Waals surface area contributed by atoms with E-state index in [0.717, 1.165) is 6.07 Å². The van der Waals surface area contributed by atoms with Gasteiger partial charge in [0.25, 0.3) is 11.6 Å². The number of nitro groups is 1. The number of methoxy groups -OCH3 is 2. The molecule has 26 heavy (non-hydrogen) atoms. The largest absolute Gasteiger partial charge is 0.493 e. The van der Waals surface area contributed by atoms with Gasteiger partial charge in [-0.05, 0) is 29.8 Å². The van der Waals surface area contributed by atoms with E-state index in [2.05, 4.69) is 5.32 Å². The third-order valence-electron chi connectivity index (χ3n) is 3.65. The summed E-state index contributed by atoms with van der Waals surface area (Å²) in [6.07, 6.45) is -0.999. The molecule has 0 fully saturated rings. The number of nitrogens with zero attached hydrogens (tertiary/aromatic N) is 1. The lowest BCUT2D eigenvalue weighted by Gasteiger charge is -2.15. The zero-order chi connectivity index (χ0) is 19.3. The number of hydrogen-bond acceptors (Lipinski definition) is 6. The van der Waals surface area contributed by atoms with Gasteiger partial charge in [0.15, 0.2) is 11.5 Å². The summed E-state index contributed by atoms with van der Waals surface area (Å²) in [6, 6.07) is 8.61. The second kappa shape index (κ2) is 8.50. The number of nitrogens with one attached hydrogen (secondary N) is 1. The van der Waals surface area contributed by atoms with Gasteiger partial charge in [-0.2, -0.15) is 0 Å². The molecule has 0 aliphatic carbocycles. The molecule has 0 bridgehead atoms. The molecule has 1 atom stereocenters. The minimum absolute atomic E-state index is 0.0584. The highest BCUT2D eigenvalue weighted by Crippen LogP contribution is 2.30. The van der Waals surface area contributed by atoms with Gasteiger partial charge in [0.1, 0.15) is 5.02 Å². The highest BCUT2D eigenvalue weighted by Gasteiger charge is 2.18. The molecule has 0 aliphatic heterocycles. The maximum absolute atomic E-state index is 12.2. The molecule has 0 aliphatic rings. The predicted octanol–water partition coefficient (Wildman–Crippen LogP) is 2.73. The standard InChI is InChI=1S/C17H17ClN2O6/c1-25-15-6-4-10(8-16(15)26-2)14(21)9-19-17(22)11-3-5-12(18)13(7-11)20(23)24/h3-8,14,21H,9H2,1-2H3,(H,19,22). The van der Waals surface area contributed by atoms with Crippen molar-refractivity contribution in [2.24, 2.45) is 0 Å². The Hall–Kier alpha value is -2.84. The molecular weight excluding hydrogens is 364 g/mol. The lowest BCUT2D eigenvalue weighted by molar-refractivity contribution is -0.384. The summed E-state index contributed by atoms with van der Waals surface area (Å²) >= 11 is 5.72. The van der Waals surface area contributed by atoms with E-state index >= 15 is 0 Å². The summed E-state index contributed by atoms with van der Waals surface area (Å²) in [5.41, 5.74) is 0.227. The first-order valence-electron chi connectivity index (χ1n) is 7.49. The van der Waals surface area contributed by atoms with E-state index in [4.69, 9.17) is 21.1 Å². The maximum Gasteiger partial charge on any atom is 0.288 e. The fourth-order valence-electron chi connectivity index (χ4n) is 2.26. The molecule has 1 amide bonds. The predicted molar refractivity (Wildman–Crippen MR) is 94.9 cm³/mol. The van der Waals surface area contributed by atoms with E-state index in [0.29, 0.717) is 17.1 Å². The number of nitro benzene ring substituents is 1. The summed E-state index contributed by atoms with van der Waals surface area (Å²) in [7, 11) is 2.97. The van der Waals surface area contributed by atoms with Gasteiger partial charge in [-0.25, -0.2) is 0 Å². The molecule has 2 aromatic carbocycles. The van der Waals surface area contributed by atoms with E-state index in [9.17, 15) is 20.0 Å². The molecule has 0 heterocycles. The smallest absolute Gasteiger partial charge is 0.288 e. The molecule has 0 aromatic heterocycles. The summed E-state index contributed by atoms with van der Waals surface area (Å²) in [5, 5.41) is 23.6. The molecule has 2 rings (SSSR count). The molecular formula is C17H17ClN2O6. The zero-order valence-corrected chi connectivity index (χ0v) is 14.8. The van der Waals surface area contributed by atoms with Gasteiger partial charge >= 0.3 is 0 Å². The van der Waals surface area contributed by atoms with Crippen LogP contribution >= 0.6 is 11.6 Å². The van der Waals surface area contributed by atoms with Crippen molar-refractivity contribution in [1.29, 1.82) is 0 Å². The lowest BCUT2D eigenvalue weighted by atomic mass is 10.1. The number of aliphatic hydroxyl groups is 1. The normalized spacial score (nSPS) is 11.5. The van der Waals surface area contributed by atoms with Crippen LogP contribution < -0.4 is 14.8 Å². The van der Waals surface area contributed by atoms with Crippen LogP contribution in [0.5, 0.6) is 11.5 Å². The van der Waals surface area contributed by atoms with Gasteiger partial charge < -0.3 is 19.9 Å². The topological polar surface area (TPSA) is 111 Å². The molecule has 0 saturated heterocycles. The van der Waals surface area contributed by atoms with E-state index < -0.39 is 16.9 Å². The van der Waals surface area contributed by atoms with Crippen LogP contribution in [0.25, 0.3) is 0 Å². The highest BCUT2D eigenvalue weighted by atomic mass is 35.5. The third kappa shape index (κ3) is 4.41. The van der Waals surface area contributed by atoms with Crippen LogP contribution in [0.3, 0.4) is 0 Å². The Balaban J connectivity index is 2.07. The minimum atomic E-state index is -0.999. The van der Waals surface area contributed by atoms with E-state index in [-0.39, 0.29) is 22.8 Å². The van der Waals surface area contributed by atoms with Crippen molar-refractivity contribution in [3.63, 3.8) is 0 Å². The number of hydrogen-bond donors (Lipinski definition) is 2. The Morgan fingerprint density at radius 1 is 1.23 bits per heavy atom. The van der Waals surface area contributed by atoms with Crippen LogP contribution in [0.1, 0.15) is 22.0 Å². The van der Waals surface area contributed by atoms with Gasteiger partial charge in [-0.15, -0.1) is 0 Å². The van der Waals surface area contributed by atoms with Crippen molar-refractivity contribution in [1.82, 2.24) is 5.32 Å². The average Bonchev–Trinajstić information content (AvgIpc) is 2.65. The summed E-state index contributed by atoms with van der Waals surface area (Å²) < 4.78 is 10.3. The first-order chi connectivity index (χ1) is 12.4. The van der Waals surface area contributed by atoms with E-state index in [1.165, 1.54) is 26.4 Å². The van der Waals surface area contributed by atoms with Crippen molar-refractivity contribution in [2.45, 2.75) is 6.10 Å². The second-order valence-electron chi connectivity index (χ2n) is 5.26. The lowest BCUT2D eigenvalue weighted by Crippen LogP contribution is -2.28. The fraction of sp³-hybridized carbons (Fsp3) is 0.235. The molecule has 2 aromatic rings. The Morgan fingerprint density at radius 2 is 1.92 bits per heavy atom. The number of carbonyl (C=O) groups is 1. The van der Waals surface area contributed by atoms with Crippen molar-refractivity contribution < 1.29 is 24.3 Å². The molecule has 0 saturated carbocycles. The van der Waals surface area contributed by atoms with Crippen molar-refractivity contribution in [3.8, 4) is 11.5 Å². The number of ether oxygens (including phenoxy) is 2. The molecule has 1 unspecified atom stereocenters. The Kier molecular flexibility index (Phi) is 6.37. The molecule has 138 valence electrons. The summed E-state index contributed by atoms with van der Waals surface area (Å²) in [4.78, 5) is 22.4. The second-order valence-corrected chi connectivity index (χ2v) is 5.67. The number of amides is 1. The zero-order valence-electron chi connectivity index (χ0n) is 14.1. The number of rotatable bonds is 7. The highest BCUT2D eigenvalue weighted by molar-refractivity contribution is 6.32. The minimum Gasteiger partial charge on any atom is -0.493 e. The van der Waals surface area contributed by atoms with Gasteiger partial charge in [-0.3, -0.25) is 14.9 Å². The summed E-state index contributed by atoms with van der Waals surface area (Å²) in [5.74, 6) is 0.397. The van der Waals surface area contributed by atoms with Crippen LogP contribution in [-0.2, 0) is 0 Å². The van der Waals surface area contributed by atoms with Gasteiger partial charge in [0, 0.05) is 18.2 Å². The molecule has 0 spiro atoms. The first kappa shape index (κ1) is 19.5. The van der Waals surface area contributed by atoms with Gasteiger partial charge in [0.2, 0.25) is 0 Å². The fourth-order valence-corrected chi connectivity index (χ4v) is 2.45. The Bertz CT molecular complexity index is 827. The SMILES string of the molecule is COc1ccc(C(O)CNC(=O)c2ccc(Cl)c([N+](=O)[O-])c2)cc1OC. The van der Waals surface area contributed by atoms with Crippen LogP contribution in [0.4, 0.5) is 5.69 Å². The number of carbonyl (C=O) groups excluding carboxylic acids is 1. The van der Waals surface area contributed by atoms with Gasteiger partial charge in [0.05, 0.1) is 25.2 Å². The summed E-state index contributed by atoms with van der Waals surface area (Å²) in [6.45, 7) is -0.0925. The molecule has 8 nitrogen and oxygen atoms in total. The van der Waals surface area contributed by atoms with Crippen molar-refractivity contribution in [3.05, 3.63) is 62.7 Å². The van der Waals surface area contributed by atoms with Crippen LogP contribution in [0, 0.1) is 10.1 Å². The van der Waals surface area contributed by atoms with Crippen LogP contribution in [0.15, 0.2) is 36.4 Å². The Morgan fingerprint density at radius 3 is 2.54 bits per heavy atom. The van der Waals surface area contributed by atoms with Crippen LogP contribution in [0.2, 0.25) is 5.02 Å². The van der Waals surface area contributed by atoms with Gasteiger partial charge in [-0.1, -0.05) is 17.7 Å². The number of aliphatic hydroxyl groups excluding tert-OH is 1. The van der Waals surface area contributed by atoms with Crippen LogP contribution in [-0.4, -0.2) is 36.7 Å². The average molecular weight is 381 g/mol. The maximum atomic E-state index is 12.2. The van der Waals surface area contributed by atoms with Crippen molar-refractivity contribution in [2.75, 3.05) is 20.8 Å². The third-order valence-corrected chi connectivity index (χ3v) is 3.97. The molecule has 0 radical (unpaired) electrons. The van der Waals surface area contributed by atoms with E-state index in [1.807, 2.05) is 0 Å². The van der Waals surface area contributed by atoms with E-state index in [1.54, 1.807) is 18.2 Å².